The zero-order valence-corrected chi connectivity index (χ0v) is 14.5. The molecule has 1 aromatic rings. The van der Waals surface area contributed by atoms with E-state index in [4.69, 9.17) is 9.47 Å². The molecule has 0 bridgehead atoms. The largest absolute Gasteiger partial charge is 0.494 e. The van der Waals surface area contributed by atoms with Crippen LogP contribution in [0.4, 0.5) is 5.69 Å². The Bertz CT molecular complexity index is 520. The first-order chi connectivity index (χ1) is 11.7. The van der Waals surface area contributed by atoms with Gasteiger partial charge in [0.05, 0.1) is 6.61 Å². The van der Waals surface area contributed by atoms with E-state index in [1.165, 1.54) is 46.0 Å². The first-order valence-corrected chi connectivity index (χ1v) is 8.98. The summed E-state index contributed by atoms with van der Waals surface area (Å²) in [5.41, 5.74) is 0.757. The summed E-state index contributed by atoms with van der Waals surface area (Å²) in [6.45, 7) is 4.66. The van der Waals surface area contributed by atoms with Gasteiger partial charge in [-0.3, -0.25) is 4.79 Å². The zero-order valence-electron chi connectivity index (χ0n) is 14.5. The van der Waals surface area contributed by atoms with Crippen molar-refractivity contribution < 1.29 is 14.3 Å². The Hall–Kier alpha value is -1.59. The Morgan fingerprint density at radius 1 is 1.17 bits per heavy atom. The van der Waals surface area contributed by atoms with E-state index in [2.05, 4.69) is 10.2 Å². The molecule has 2 aliphatic rings. The molecule has 3 rings (SSSR count). The van der Waals surface area contributed by atoms with E-state index in [9.17, 15) is 4.79 Å². The average Bonchev–Trinajstić information content (AvgIpc) is 2.84. The lowest BCUT2D eigenvalue weighted by atomic mass is 9.77. The van der Waals surface area contributed by atoms with Gasteiger partial charge in [-0.2, -0.15) is 0 Å². The normalized spacial score (nSPS) is 22.7. The summed E-state index contributed by atoms with van der Waals surface area (Å²) < 4.78 is 10.6. The van der Waals surface area contributed by atoms with Gasteiger partial charge in [0.25, 0.3) is 0 Å². The third kappa shape index (κ3) is 4.71. The van der Waals surface area contributed by atoms with Crippen LogP contribution in [0.2, 0.25) is 0 Å². The first-order valence-electron chi connectivity index (χ1n) is 8.98. The molecule has 132 valence electrons. The van der Waals surface area contributed by atoms with Crippen LogP contribution in [0, 0.1) is 11.8 Å². The summed E-state index contributed by atoms with van der Waals surface area (Å²) in [5, 5.41) is 2.76. The Labute approximate surface area is 144 Å². The van der Waals surface area contributed by atoms with Crippen molar-refractivity contribution in [3.05, 3.63) is 24.3 Å². The molecule has 1 N–H and O–H groups in total. The molecule has 1 saturated carbocycles. The van der Waals surface area contributed by atoms with Crippen LogP contribution in [-0.2, 0) is 9.53 Å². The highest BCUT2D eigenvalue weighted by atomic mass is 16.5. The van der Waals surface area contributed by atoms with E-state index in [-0.39, 0.29) is 12.5 Å². The first kappa shape index (κ1) is 17.2. The zero-order chi connectivity index (χ0) is 16.8. The molecule has 2 fully saturated rings. The van der Waals surface area contributed by atoms with Crippen LogP contribution in [0.3, 0.4) is 0 Å². The van der Waals surface area contributed by atoms with Gasteiger partial charge in [-0.05, 0) is 68.3 Å². The van der Waals surface area contributed by atoms with Crippen molar-refractivity contribution in [2.45, 2.75) is 25.7 Å². The van der Waals surface area contributed by atoms with Gasteiger partial charge in [-0.25, -0.2) is 0 Å². The number of nitrogens with one attached hydrogen (secondary N) is 1. The number of amides is 1. The van der Waals surface area contributed by atoms with Crippen LogP contribution in [-0.4, -0.2) is 50.8 Å². The summed E-state index contributed by atoms with van der Waals surface area (Å²) in [7, 11) is 1.50. The van der Waals surface area contributed by atoms with E-state index in [0.29, 0.717) is 0 Å². The highest BCUT2D eigenvalue weighted by Crippen LogP contribution is 2.40. The second-order valence-electron chi connectivity index (χ2n) is 6.92. The lowest BCUT2D eigenvalue weighted by molar-refractivity contribution is -0.119. The molecular formula is C19H28N2O3. The van der Waals surface area contributed by atoms with Crippen LogP contribution in [0.25, 0.3) is 0 Å². The smallest absolute Gasteiger partial charge is 0.250 e. The Kier molecular flexibility index (Phi) is 6.10. The third-order valence-corrected chi connectivity index (χ3v) is 5.11. The minimum atomic E-state index is -0.151. The molecule has 0 radical (unpaired) electrons. The maximum absolute atomic E-state index is 11.4. The number of hydrogen-bond donors (Lipinski definition) is 1. The standard InChI is InChI=1S/C19H28N2O3/c1-23-14-19(22)20-17-6-8-18(9-7-17)24-11-3-2-10-21-12-15-4-5-16(15)13-21/h6-9,15-16H,2-5,10-14H2,1H3,(H,20,22)/t15-,16+. The Morgan fingerprint density at radius 3 is 2.50 bits per heavy atom. The number of carbonyl (C=O) groups excluding carboxylic acids is 1. The summed E-state index contributed by atoms with van der Waals surface area (Å²) in [4.78, 5) is 14.0. The molecule has 2 atom stereocenters. The number of ether oxygens (including phenoxy) is 2. The van der Waals surface area contributed by atoms with Crippen LogP contribution < -0.4 is 10.1 Å². The van der Waals surface area contributed by atoms with Crippen molar-refractivity contribution in [1.82, 2.24) is 4.90 Å². The highest BCUT2D eigenvalue weighted by Gasteiger charge is 2.38. The number of carbonyl (C=O) groups is 1. The van der Waals surface area contributed by atoms with Gasteiger partial charge < -0.3 is 19.7 Å². The quantitative estimate of drug-likeness (QED) is 0.707. The molecule has 0 spiro atoms. The maximum Gasteiger partial charge on any atom is 0.250 e. The lowest BCUT2D eigenvalue weighted by Gasteiger charge is -2.28. The maximum atomic E-state index is 11.4. The van der Waals surface area contributed by atoms with Crippen molar-refractivity contribution in [2.24, 2.45) is 11.8 Å². The number of benzene rings is 1. The van der Waals surface area contributed by atoms with Gasteiger partial charge in [0, 0.05) is 25.9 Å². The number of anilines is 1. The van der Waals surface area contributed by atoms with Gasteiger partial charge in [0.2, 0.25) is 5.91 Å². The Balaban J connectivity index is 1.28. The number of methoxy groups -OCH3 is 1. The van der Waals surface area contributed by atoms with Crippen molar-refractivity contribution >= 4 is 11.6 Å². The number of rotatable bonds is 9. The molecule has 1 saturated heterocycles. The molecule has 1 aromatic carbocycles. The number of likely N-dealkylation sites (tertiary alicyclic amines) is 1. The summed E-state index contributed by atoms with van der Waals surface area (Å²) >= 11 is 0. The molecule has 0 unspecified atom stereocenters. The minimum Gasteiger partial charge on any atom is -0.494 e. The van der Waals surface area contributed by atoms with Crippen molar-refractivity contribution in [1.29, 1.82) is 0 Å². The number of fused-ring (bicyclic) bond motifs is 1. The van der Waals surface area contributed by atoms with Crippen molar-refractivity contribution in [3.8, 4) is 5.75 Å². The van der Waals surface area contributed by atoms with E-state index >= 15 is 0 Å². The fraction of sp³-hybridized carbons (Fsp3) is 0.632. The number of hydrogen-bond acceptors (Lipinski definition) is 4. The topological polar surface area (TPSA) is 50.8 Å². The minimum absolute atomic E-state index is 0.0662. The van der Waals surface area contributed by atoms with Gasteiger partial charge in [0.15, 0.2) is 0 Å². The van der Waals surface area contributed by atoms with Gasteiger partial charge in [-0.1, -0.05) is 0 Å². The summed E-state index contributed by atoms with van der Waals surface area (Å²) in [6.07, 6.45) is 5.18. The monoisotopic (exact) mass is 332 g/mol. The van der Waals surface area contributed by atoms with E-state index in [1.807, 2.05) is 24.3 Å². The predicted octanol–water partition coefficient (Wildman–Crippen LogP) is 2.77. The molecule has 1 heterocycles. The number of unbranched alkanes of at least 4 members (excludes halogenated alkanes) is 1. The molecule has 0 aromatic heterocycles. The third-order valence-electron chi connectivity index (χ3n) is 5.11. The van der Waals surface area contributed by atoms with E-state index in [1.54, 1.807) is 0 Å². The fourth-order valence-corrected chi connectivity index (χ4v) is 3.63. The SMILES string of the molecule is COCC(=O)Nc1ccc(OCCCCN2C[C@H]3CC[C@H]3C2)cc1. The average molecular weight is 332 g/mol. The Morgan fingerprint density at radius 2 is 1.88 bits per heavy atom. The highest BCUT2D eigenvalue weighted by molar-refractivity contribution is 5.91. The van der Waals surface area contributed by atoms with Crippen LogP contribution in [0.1, 0.15) is 25.7 Å². The fourth-order valence-electron chi connectivity index (χ4n) is 3.63. The van der Waals surface area contributed by atoms with Crippen molar-refractivity contribution in [3.63, 3.8) is 0 Å². The second-order valence-corrected chi connectivity index (χ2v) is 6.92. The van der Waals surface area contributed by atoms with Crippen LogP contribution in [0.15, 0.2) is 24.3 Å². The van der Waals surface area contributed by atoms with Crippen LogP contribution >= 0.6 is 0 Å². The van der Waals surface area contributed by atoms with Gasteiger partial charge in [-0.15, -0.1) is 0 Å². The van der Waals surface area contributed by atoms with Gasteiger partial charge >= 0.3 is 0 Å². The molecular weight excluding hydrogens is 304 g/mol. The van der Waals surface area contributed by atoms with E-state index < -0.39 is 0 Å². The number of nitrogens with zero attached hydrogens (tertiary/aromatic N) is 1. The molecule has 1 amide bonds. The molecule has 1 aliphatic carbocycles. The second kappa shape index (κ2) is 8.49. The van der Waals surface area contributed by atoms with E-state index in [0.717, 1.165) is 36.3 Å². The van der Waals surface area contributed by atoms with Crippen LogP contribution in [0.5, 0.6) is 5.75 Å². The predicted molar refractivity (Wildman–Crippen MR) is 94.3 cm³/mol. The van der Waals surface area contributed by atoms with Gasteiger partial charge in [0.1, 0.15) is 12.4 Å². The lowest BCUT2D eigenvalue weighted by Crippen LogP contribution is -2.22. The molecule has 1 aliphatic heterocycles. The summed E-state index contributed by atoms with van der Waals surface area (Å²) in [6, 6.07) is 7.48. The molecule has 24 heavy (non-hydrogen) atoms. The van der Waals surface area contributed by atoms with Crippen molar-refractivity contribution in [2.75, 3.05) is 45.3 Å². The summed E-state index contributed by atoms with van der Waals surface area (Å²) in [5.74, 6) is 2.70. The molecule has 5 nitrogen and oxygen atoms in total. The molecule has 5 heteroatoms.